The van der Waals surface area contributed by atoms with Crippen LogP contribution in [0.25, 0.3) is 0 Å². The Morgan fingerprint density at radius 2 is 2.12 bits per heavy atom. The molecule has 0 unspecified atom stereocenters. The molecule has 17 heavy (non-hydrogen) atoms. The summed E-state index contributed by atoms with van der Waals surface area (Å²) in [7, 11) is 0. The topological polar surface area (TPSA) is 28.4 Å². The van der Waals surface area contributed by atoms with E-state index in [9.17, 15) is 0 Å². The molecule has 2 fully saturated rings. The minimum absolute atomic E-state index is 0.770. The highest BCUT2D eigenvalue weighted by Crippen LogP contribution is 2.22. The van der Waals surface area contributed by atoms with Gasteiger partial charge < -0.3 is 9.73 Å². The highest BCUT2D eigenvalue weighted by atomic mass is 16.3. The zero-order chi connectivity index (χ0) is 11.7. The molecule has 0 atom stereocenters. The van der Waals surface area contributed by atoms with Gasteiger partial charge >= 0.3 is 0 Å². The molecule has 2 heterocycles. The van der Waals surface area contributed by atoms with E-state index in [1.807, 2.05) is 0 Å². The molecule has 3 heteroatoms. The average Bonchev–Trinajstić information content (AvgIpc) is 2.88. The van der Waals surface area contributed by atoms with E-state index in [0.717, 1.165) is 30.7 Å². The van der Waals surface area contributed by atoms with E-state index in [4.69, 9.17) is 4.42 Å². The van der Waals surface area contributed by atoms with E-state index >= 15 is 0 Å². The highest BCUT2D eigenvalue weighted by Gasteiger charge is 2.21. The van der Waals surface area contributed by atoms with Gasteiger partial charge in [-0.1, -0.05) is 0 Å². The van der Waals surface area contributed by atoms with Crippen molar-refractivity contribution >= 4 is 0 Å². The molecule has 1 N–H and O–H groups in total. The molecule has 0 amide bonds. The van der Waals surface area contributed by atoms with Crippen molar-refractivity contribution < 1.29 is 4.42 Å². The monoisotopic (exact) mass is 234 g/mol. The van der Waals surface area contributed by atoms with E-state index in [1.54, 1.807) is 0 Å². The quantitative estimate of drug-likeness (QED) is 0.848. The molecule has 1 aromatic heterocycles. The van der Waals surface area contributed by atoms with Gasteiger partial charge in [-0.2, -0.15) is 0 Å². The molecule has 1 aliphatic carbocycles. The third-order valence-corrected chi connectivity index (χ3v) is 3.81. The van der Waals surface area contributed by atoms with E-state index in [0.29, 0.717) is 0 Å². The van der Waals surface area contributed by atoms with Crippen molar-refractivity contribution in [1.82, 2.24) is 10.2 Å². The number of aryl methyl sites for hydroxylation is 1. The minimum atomic E-state index is 0.770. The molecule has 1 aromatic rings. The fourth-order valence-corrected chi connectivity index (χ4v) is 2.54. The molecule has 1 aliphatic heterocycles. The number of furan rings is 1. The Morgan fingerprint density at radius 3 is 2.82 bits per heavy atom. The highest BCUT2D eigenvalue weighted by molar-refractivity contribution is 5.21. The molecule has 94 valence electrons. The van der Waals surface area contributed by atoms with E-state index in [2.05, 4.69) is 23.2 Å². The third kappa shape index (κ3) is 2.90. The largest absolute Gasteiger partial charge is 0.465 e. The number of nitrogens with zero attached hydrogens (tertiary/aromatic N) is 1. The van der Waals surface area contributed by atoms with Crippen LogP contribution in [0.5, 0.6) is 0 Å². The predicted octanol–water partition coefficient (Wildman–Crippen LogP) is 2.44. The second kappa shape index (κ2) is 4.83. The zero-order valence-electron chi connectivity index (χ0n) is 10.7. The van der Waals surface area contributed by atoms with Crippen molar-refractivity contribution in [2.24, 2.45) is 0 Å². The van der Waals surface area contributed by atoms with Crippen molar-refractivity contribution in [3.63, 3.8) is 0 Å². The summed E-state index contributed by atoms with van der Waals surface area (Å²) in [5, 5.41) is 3.55. The van der Waals surface area contributed by atoms with Crippen molar-refractivity contribution in [2.45, 2.75) is 51.7 Å². The lowest BCUT2D eigenvalue weighted by atomic mass is 10.2. The average molecular weight is 234 g/mol. The summed E-state index contributed by atoms with van der Waals surface area (Å²) in [6.07, 6.45) is 5.38. The molecule has 2 aliphatic rings. The normalized spacial score (nSPS) is 21.2. The SMILES string of the molecule is Cc1oc(CN2CCCC2)cc1CNC1CC1. The van der Waals surface area contributed by atoms with Crippen LogP contribution < -0.4 is 5.32 Å². The molecule has 1 saturated carbocycles. The molecule has 0 spiro atoms. The summed E-state index contributed by atoms with van der Waals surface area (Å²) in [6.45, 7) is 6.51. The summed E-state index contributed by atoms with van der Waals surface area (Å²) >= 11 is 0. The summed E-state index contributed by atoms with van der Waals surface area (Å²) in [5.74, 6) is 2.23. The van der Waals surface area contributed by atoms with Crippen LogP contribution in [0.1, 0.15) is 42.8 Å². The lowest BCUT2D eigenvalue weighted by Crippen LogP contribution is -2.18. The summed E-state index contributed by atoms with van der Waals surface area (Å²) in [6, 6.07) is 3.01. The van der Waals surface area contributed by atoms with Gasteiger partial charge in [-0.05, 0) is 51.8 Å². The number of hydrogen-bond donors (Lipinski definition) is 1. The van der Waals surface area contributed by atoms with E-state index in [1.165, 1.54) is 44.3 Å². The van der Waals surface area contributed by atoms with Crippen LogP contribution in [0, 0.1) is 6.92 Å². The van der Waals surface area contributed by atoms with Gasteiger partial charge in [0.2, 0.25) is 0 Å². The van der Waals surface area contributed by atoms with Crippen LogP contribution in [0.15, 0.2) is 10.5 Å². The molecule has 0 bridgehead atoms. The number of nitrogens with one attached hydrogen (secondary N) is 1. The third-order valence-electron chi connectivity index (χ3n) is 3.81. The first-order valence-corrected chi connectivity index (χ1v) is 6.85. The van der Waals surface area contributed by atoms with Crippen LogP contribution in [-0.4, -0.2) is 24.0 Å². The molecule has 1 saturated heterocycles. The fourth-order valence-electron chi connectivity index (χ4n) is 2.54. The number of hydrogen-bond acceptors (Lipinski definition) is 3. The molecule has 3 rings (SSSR count). The standard InChI is InChI=1S/C14H22N2O/c1-11-12(9-15-13-4-5-13)8-14(17-11)10-16-6-2-3-7-16/h8,13,15H,2-7,9-10H2,1H3. The van der Waals surface area contributed by atoms with Crippen LogP contribution in [0.2, 0.25) is 0 Å². The predicted molar refractivity (Wildman–Crippen MR) is 67.8 cm³/mol. The van der Waals surface area contributed by atoms with Crippen LogP contribution in [-0.2, 0) is 13.1 Å². The lowest BCUT2D eigenvalue weighted by molar-refractivity contribution is 0.294. The second-order valence-electron chi connectivity index (χ2n) is 5.43. The maximum absolute atomic E-state index is 5.85. The van der Waals surface area contributed by atoms with Gasteiger partial charge in [0.15, 0.2) is 0 Å². The van der Waals surface area contributed by atoms with Crippen molar-refractivity contribution in [3.8, 4) is 0 Å². The Hall–Kier alpha value is -0.800. The molecular weight excluding hydrogens is 212 g/mol. The first kappa shape index (κ1) is 11.3. The van der Waals surface area contributed by atoms with Crippen molar-refractivity contribution in [2.75, 3.05) is 13.1 Å². The second-order valence-corrected chi connectivity index (χ2v) is 5.43. The summed E-state index contributed by atoms with van der Waals surface area (Å²) in [4.78, 5) is 2.48. The van der Waals surface area contributed by atoms with Gasteiger partial charge in [0.05, 0.1) is 6.54 Å². The summed E-state index contributed by atoms with van der Waals surface area (Å²) in [5.41, 5.74) is 1.34. The fraction of sp³-hybridized carbons (Fsp3) is 0.714. The Labute approximate surface area is 103 Å². The lowest BCUT2D eigenvalue weighted by Gasteiger charge is -2.11. The van der Waals surface area contributed by atoms with Gasteiger partial charge in [0.1, 0.15) is 11.5 Å². The maximum Gasteiger partial charge on any atom is 0.118 e. The van der Waals surface area contributed by atoms with Gasteiger partial charge in [-0.3, -0.25) is 4.90 Å². The Kier molecular flexibility index (Phi) is 3.21. The minimum Gasteiger partial charge on any atom is -0.465 e. The van der Waals surface area contributed by atoms with Gasteiger partial charge in [-0.15, -0.1) is 0 Å². The van der Waals surface area contributed by atoms with Gasteiger partial charge in [0.25, 0.3) is 0 Å². The molecule has 0 aromatic carbocycles. The Morgan fingerprint density at radius 1 is 1.35 bits per heavy atom. The number of rotatable bonds is 5. The number of likely N-dealkylation sites (tertiary alicyclic amines) is 1. The van der Waals surface area contributed by atoms with Crippen molar-refractivity contribution in [3.05, 3.63) is 23.2 Å². The smallest absolute Gasteiger partial charge is 0.118 e. The van der Waals surface area contributed by atoms with Crippen molar-refractivity contribution in [1.29, 1.82) is 0 Å². The van der Waals surface area contributed by atoms with Crippen LogP contribution in [0.4, 0.5) is 0 Å². The Balaban J connectivity index is 1.58. The maximum atomic E-state index is 5.85. The Bertz CT molecular complexity index is 376. The molecule has 3 nitrogen and oxygen atoms in total. The molecular formula is C14H22N2O. The van der Waals surface area contributed by atoms with Gasteiger partial charge in [0, 0.05) is 18.2 Å². The van der Waals surface area contributed by atoms with Crippen LogP contribution in [0.3, 0.4) is 0 Å². The van der Waals surface area contributed by atoms with E-state index in [-0.39, 0.29) is 0 Å². The first-order chi connectivity index (χ1) is 8.31. The van der Waals surface area contributed by atoms with Gasteiger partial charge in [-0.25, -0.2) is 0 Å². The summed E-state index contributed by atoms with van der Waals surface area (Å²) < 4.78 is 5.85. The van der Waals surface area contributed by atoms with E-state index < -0.39 is 0 Å². The molecule has 0 radical (unpaired) electrons. The zero-order valence-corrected chi connectivity index (χ0v) is 10.7. The first-order valence-electron chi connectivity index (χ1n) is 6.85. The van der Waals surface area contributed by atoms with Crippen LogP contribution >= 0.6 is 0 Å².